The molecule has 0 fully saturated rings. The Morgan fingerprint density at radius 2 is 2.16 bits per heavy atom. The van der Waals surface area contributed by atoms with Crippen LogP contribution in [-0.2, 0) is 22.4 Å². The average molecular weight is 376 g/mol. The summed E-state index contributed by atoms with van der Waals surface area (Å²) in [5, 5.41) is -0.249. The van der Waals surface area contributed by atoms with Gasteiger partial charge in [0.25, 0.3) is 0 Å². The van der Waals surface area contributed by atoms with Crippen LogP contribution in [0.4, 0.5) is 5.69 Å². The van der Waals surface area contributed by atoms with Gasteiger partial charge in [0.05, 0.1) is 17.4 Å². The van der Waals surface area contributed by atoms with Crippen molar-refractivity contribution < 1.29 is 9.59 Å². The molecule has 2 aromatic rings. The molecule has 1 aromatic heterocycles. The molecule has 5 nitrogen and oxygen atoms in total. The van der Waals surface area contributed by atoms with Crippen molar-refractivity contribution in [2.75, 3.05) is 4.90 Å². The Balaban J connectivity index is 1.74. The van der Waals surface area contributed by atoms with Gasteiger partial charge in [0.1, 0.15) is 0 Å². The third kappa shape index (κ3) is 3.72. The molecule has 0 spiro atoms. The zero-order chi connectivity index (χ0) is 18.1. The molecule has 2 atom stereocenters. The van der Waals surface area contributed by atoms with E-state index in [1.165, 1.54) is 28.7 Å². The number of para-hydroxylation sites is 1. The highest BCUT2D eigenvalue weighted by molar-refractivity contribution is 8.02. The van der Waals surface area contributed by atoms with E-state index in [1.54, 1.807) is 0 Å². The summed E-state index contributed by atoms with van der Waals surface area (Å²) in [6.07, 6.45) is 1.08. The van der Waals surface area contributed by atoms with Crippen molar-refractivity contribution in [2.24, 2.45) is 5.73 Å². The van der Waals surface area contributed by atoms with Crippen LogP contribution < -0.4 is 10.6 Å². The predicted molar refractivity (Wildman–Crippen MR) is 102 cm³/mol. The van der Waals surface area contributed by atoms with Gasteiger partial charge >= 0.3 is 0 Å². The number of rotatable bonds is 5. The summed E-state index contributed by atoms with van der Waals surface area (Å²) in [7, 11) is 0. The number of nitrogens with zero attached hydrogens (tertiary/aromatic N) is 2. The van der Waals surface area contributed by atoms with Crippen LogP contribution in [0.2, 0.25) is 0 Å². The maximum atomic E-state index is 13.0. The number of benzene rings is 1. The molecule has 1 aromatic carbocycles. The first-order valence-electron chi connectivity index (χ1n) is 8.19. The fourth-order valence-electron chi connectivity index (χ4n) is 3.07. The van der Waals surface area contributed by atoms with E-state index in [9.17, 15) is 9.59 Å². The van der Waals surface area contributed by atoms with Crippen LogP contribution in [-0.4, -0.2) is 28.1 Å². The lowest BCUT2D eigenvalue weighted by molar-refractivity contribution is -0.118. The summed E-state index contributed by atoms with van der Waals surface area (Å²) >= 11 is 2.88. The first-order valence-corrected chi connectivity index (χ1v) is 9.88. The Morgan fingerprint density at radius 3 is 2.88 bits per heavy atom. The SMILES string of the molecule is Cc1nc(S[C@@H](C)C(=O)N2c3ccccc3C[C@H]2C)sc1CC(N)=O. The van der Waals surface area contributed by atoms with Gasteiger partial charge in [-0.1, -0.05) is 30.0 Å². The summed E-state index contributed by atoms with van der Waals surface area (Å²) < 4.78 is 0.801. The molecule has 2 heterocycles. The monoisotopic (exact) mass is 375 g/mol. The average Bonchev–Trinajstić information content (AvgIpc) is 3.05. The van der Waals surface area contributed by atoms with E-state index in [4.69, 9.17) is 5.73 Å². The third-order valence-corrected chi connectivity index (χ3v) is 6.62. The van der Waals surface area contributed by atoms with Crippen LogP contribution in [0.1, 0.15) is 30.0 Å². The van der Waals surface area contributed by atoms with Gasteiger partial charge in [-0.15, -0.1) is 11.3 Å². The van der Waals surface area contributed by atoms with E-state index in [0.29, 0.717) is 0 Å². The fourth-order valence-corrected chi connectivity index (χ4v) is 5.51. The highest BCUT2D eigenvalue weighted by Crippen LogP contribution is 2.36. The van der Waals surface area contributed by atoms with Crippen LogP contribution in [0.25, 0.3) is 0 Å². The zero-order valence-electron chi connectivity index (χ0n) is 14.5. The highest BCUT2D eigenvalue weighted by Gasteiger charge is 2.33. The molecular weight excluding hydrogens is 354 g/mol. The summed E-state index contributed by atoms with van der Waals surface area (Å²) in [6, 6.07) is 8.23. The number of fused-ring (bicyclic) bond motifs is 1. The normalized spacial score (nSPS) is 17.4. The van der Waals surface area contributed by atoms with E-state index < -0.39 is 0 Å². The number of carbonyl (C=O) groups is 2. The number of anilines is 1. The Kier molecular flexibility index (Phi) is 5.15. The van der Waals surface area contributed by atoms with Crippen LogP contribution >= 0.6 is 23.1 Å². The minimum absolute atomic E-state index is 0.0896. The first kappa shape index (κ1) is 17.9. The van der Waals surface area contributed by atoms with Crippen molar-refractivity contribution in [3.63, 3.8) is 0 Å². The summed E-state index contributed by atoms with van der Waals surface area (Å²) in [5.74, 6) is -0.276. The van der Waals surface area contributed by atoms with Gasteiger partial charge in [-0.25, -0.2) is 4.98 Å². The molecule has 3 rings (SSSR count). The molecule has 0 radical (unpaired) electrons. The predicted octanol–water partition coefficient (Wildman–Crippen LogP) is 2.94. The van der Waals surface area contributed by atoms with Crippen LogP contribution in [0, 0.1) is 6.92 Å². The van der Waals surface area contributed by atoms with Gasteiger partial charge in [0.2, 0.25) is 11.8 Å². The number of carbonyl (C=O) groups excluding carboxylic acids is 2. The van der Waals surface area contributed by atoms with Crippen molar-refractivity contribution in [2.45, 2.75) is 49.2 Å². The minimum Gasteiger partial charge on any atom is -0.369 e. The number of hydrogen-bond donors (Lipinski definition) is 1. The Hall–Kier alpha value is -1.86. The number of primary amides is 1. The fraction of sp³-hybridized carbons (Fsp3) is 0.389. The van der Waals surface area contributed by atoms with Gasteiger partial charge in [-0.05, 0) is 38.8 Å². The molecule has 2 amide bonds. The number of aryl methyl sites for hydroxylation is 1. The van der Waals surface area contributed by atoms with Crippen molar-refractivity contribution in [3.8, 4) is 0 Å². The van der Waals surface area contributed by atoms with Crippen LogP contribution in [0.15, 0.2) is 28.6 Å². The second-order valence-electron chi connectivity index (χ2n) is 6.28. The van der Waals surface area contributed by atoms with E-state index in [2.05, 4.69) is 18.0 Å². The second-order valence-corrected chi connectivity index (χ2v) is 8.95. The molecule has 0 saturated heterocycles. The Labute approximate surface area is 155 Å². The smallest absolute Gasteiger partial charge is 0.240 e. The van der Waals surface area contributed by atoms with Crippen molar-refractivity contribution in [1.82, 2.24) is 4.98 Å². The summed E-state index contributed by atoms with van der Waals surface area (Å²) in [4.78, 5) is 31.4. The molecule has 132 valence electrons. The molecule has 1 aliphatic heterocycles. The Morgan fingerprint density at radius 1 is 1.44 bits per heavy atom. The molecule has 0 unspecified atom stereocenters. The number of nitrogens with two attached hydrogens (primary N) is 1. The van der Waals surface area contributed by atoms with Crippen molar-refractivity contribution >= 4 is 40.6 Å². The maximum absolute atomic E-state index is 13.0. The zero-order valence-corrected chi connectivity index (χ0v) is 16.1. The second kappa shape index (κ2) is 7.17. The Bertz CT molecular complexity index is 818. The van der Waals surface area contributed by atoms with Gasteiger partial charge in [-0.3, -0.25) is 9.59 Å². The van der Waals surface area contributed by atoms with Crippen molar-refractivity contribution in [3.05, 3.63) is 40.4 Å². The molecule has 2 N–H and O–H groups in total. The number of aromatic nitrogens is 1. The first-order chi connectivity index (χ1) is 11.9. The van der Waals surface area contributed by atoms with Gasteiger partial charge in [-0.2, -0.15) is 0 Å². The molecule has 0 bridgehead atoms. The molecule has 25 heavy (non-hydrogen) atoms. The molecule has 7 heteroatoms. The molecular formula is C18H21N3O2S2. The lowest BCUT2D eigenvalue weighted by Crippen LogP contribution is -2.40. The van der Waals surface area contributed by atoms with Gasteiger partial charge < -0.3 is 10.6 Å². The molecule has 0 aliphatic carbocycles. The van der Waals surface area contributed by atoms with Crippen LogP contribution in [0.3, 0.4) is 0 Å². The maximum Gasteiger partial charge on any atom is 0.240 e. The topological polar surface area (TPSA) is 76.3 Å². The minimum atomic E-state index is -0.366. The van der Waals surface area contributed by atoms with Crippen LogP contribution in [0.5, 0.6) is 0 Å². The summed E-state index contributed by atoms with van der Waals surface area (Å²) in [5.41, 5.74) is 8.31. The molecule has 0 saturated carbocycles. The lowest BCUT2D eigenvalue weighted by Gasteiger charge is -2.25. The number of thioether (sulfide) groups is 1. The van der Waals surface area contributed by atoms with E-state index in [0.717, 1.165) is 27.0 Å². The number of amides is 2. The van der Waals surface area contributed by atoms with E-state index in [1.807, 2.05) is 36.9 Å². The molecule has 1 aliphatic rings. The number of hydrogen-bond acceptors (Lipinski definition) is 5. The van der Waals surface area contributed by atoms with E-state index >= 15 is 0 Å². The third-order valence-electron chi connectivity index (χ3n) is 4.28. The number of thiazole rings is 1. The van der Waals surface area contributed by atoms with Crippen molar-refractivity contribution in [1.29, 1.82) is 0 Å². The van der Waals surface area contributed by atoms with Gasteiger partial charge in [0.15, 0.2) is 4.34 Å². The highest BCUT2D eigenvalue weighted by atomic mass is 32.2. The standard InChI is InChI=1S/C18H21N3O2S2/c1-10-8-13-6-4-5-7-14(13)21(10)17(23)12(3)24-18-20-11(2)15(25-18)9-16(19)22/h4-7,10,12H,8-9H2,1-3H3,(H2,19,22)/t10-,12+/m1/s1. The van der Waals surface area contributed by atoms with E-state index in [-0.39, 0.29) is 29.5 Å². The lowest BCUT2D eigenvalue weighted by atomic mass is 10.1. The summed E-state index contributed by atoms with van der Waals surface area (Å²) in [6.45, 7) is 5.85. The van der Waals surface area contributed by atoms with Gasteiger partial charge in [0, 0.05) is 16.6 Å². The quantitative estimate of drug-likeness (QED) is 0.815. The largest absolute Gasteiger partial charge is 0.369 e.